The van der Waals surface area contributed by atoms with E-state index >= 15 is 0 Å². The van der Waals surface area contributed by atoms with Crippen molar-refractivity contribution < 1.29 is 10.2 Å². The van der Waals surface area contributed by atoms with Crippen LogP contribution in [0.15, 0.2) is 0 Å². The second kappa shape index (κ2) is 5.69. The van der Waals surface area contributed by atoms with Gasteiger partial charge in [-0.1, -0.05) is 12.8 Å². The fourth-order valence-corrected chi connectivity index (χ4v) is 2.33. The van der Waals surface area contributed by atoms with Crippen molar-refractivity contribution in [1.82, 2.24) is 4.90 Å². The van der Waals surface area contributed by atoms with Gasteiger partial charge >= 0.3 is 0 Å². The quantitative estimate of drug-likeness (QED) is 0.708. The van der Waals surface area contributed by atoms with Crippen LogP contribution >= 0.6 is 0 Å². The van der Waals surface area contributed by atoms with Gasteiger partial charge in [0.1, 0.15) is 0 Å². The molecule has 0 aromatic heterocycles. The van der Waals surface area contributed by atoms with E-state index < -0.39 is 0 Å². The zero-order valence-electron chi connectivity index (χ0n) is 9.32. The van der Waals surface area contributed by atoms with Crippen LogP contribution in [0.4, 0.5) is 0 Å². The summed E-state index contributed by atoms with van der Waals surface area (Å²) in [5, 5.41) is 19.0. The predicted octanol–water partition coefficient (Wildman–Crippen LogP) is 0.850. The van der Waals surface area contributed by atoms with Crippen molar-refractivity contribution in [3.8, 4) is 0 Å². The Balaban J connectivity index is 2.27. The van der Waals surface area contributed by atoms with Gasteiger partial charge in [-0.05, 0) is 32.7 Å². The van der Waals surface area contributed by atoms with E-state index in [1.165, 1.54) is 6.42 Å². The molecule has 0 saturated heterocycles. The van der Waals surface area contributed by atoms with Crippen molar-refractivity contribution in [2.75, 3.05) is 20.1 Å². The van der Waals surface area contributed by atoms with Crippen molar-refractivity contribution in [3.05, 3.63) is 0 Å². The molecule has 0 aromatic rings. The Labute approximate surface area is 86.7 Å². The largest absolute Gasteiger partial charge is 0.393 e. The topological polar surface area (TPSA) is 43.7 Å². The normalized spacial score (nSPS) is 30.6. The molecule has 1 saturated carbocycles. The molecule has 0 radical (unpaired) electrons. The summed E-state index contributed by atoms with van der Waals surface area (Å²) in [5.74, 6) is 0.410. The minimum absolute atomic E-state index is 0.125. The molecular formula is C11H23NO2. The van der Waals surface area contributed by atoms with Crippen molar-refractivity contribution >= 4 is 0 Å². The molecule has 84 valence electrons. The first kappa shape index (κ1) is 12.0. The third-order valence-electron chi connectivity index (χ3n) is 2.99. The van der Waals surface area contributed by atoms with E-state index in [1.54, 1.807) is 6.92 Å². The first-order valence-corrected chi connectivity index (χ1v) is 5.64. The minimum atomic E-state index is -0.277. The zero-order chi connectivity index (χ0) is 10.6. The Kier molecular flexibility index (Phi) is 4.85. The van der Waals surface area contributed by atoms with Crippen LogP contribution in [0, 0.1) is 5.92 Å². The average Bonchev–Trinajstić information content (AvgIpc) is 2.07. The lowest BCUT2D eigenvalue weighted by atomic mass is 9.86. The van der Waals surface area contributed by atoms with Crippen LogP contribution in [0.3, 0.4) is 0 Å². The molecule has 0 aliphatic heterocycles. The molecular weight excluding hydrogens is 178 g/mol. The molecule has 1 rings (SSSR count). The smallest absolute Gasteiger partial charge is 0.0638 e. The highest BCUT2D eigenvalue weighted by Gasteiger charge is 2.24. The predicted molar refractivity (Wildman–Crippen MR) is 57.1 cm³/mol. The van der Waals surface area contributed by atoms with Gasteiger partial charge in [0.25, 0.3) is 0 Å². The summed E-state index contributed by atoms with van der Waals surface area (Å²) in [7, 11) is 2.01. The molecule has 14 heavy (non-hydrogen) atoms. The molecule has 0 amide bonds. The summed E-state index contributed by atoms with van der Waals surface area (Å²) < 4.78 is 0. The fraction of sp³-hybridized carbons (Fsp3) is 1.00. The van der Waals surface area contributed by atoms with Gasteiger partial charge in [0, 0.05) is 13.1 Å². The van der Waals surface area contributed by atoms with E-state index in [0.29, 0.717) is 12.5 Å². The van der Waals surface area contributed by atoms with Crippen molar-refractivity contribution in [1.29, 1.82) is 0 Å². The van der Waals surface area contributed by atoms with Crippen LogP contribution in [0.25, 0.3) is 0 Å². The highest BCUT2D eigenvalue weighted by atomic mass is 16.3. The van der Waals surface area contributed by atoms with Crippen molar-refractivity contribution in [2.45, 2.75) is 44.8 Å². The molecule has 3 nitrogen and oxygen atoms in total. The first-order valence-electron chi connectivity index (χ1n) is 5.64. The molecule has 3 atom stereocenters. The van der Waals surface area contributed by atoms with Gasteiger partial charge < -0.3 is 15.1 Å². The van der Waals surface area contributed by atoms with E-state index in [4.69, 9.17) is 0 Å². The van der Waals surface area contributed by atoms with E-state index in [9.17, 15) is 10.2 Å². The number of hydrogen-bond donors (Lipinski definition) is 2. The second-order valence-corrected chi connectivity index (χ2v) is 4.68. The molecule has 0 bridgehead atoms. The number of aliphatic hydroxyl groups excluding tert-OH is 2. The molecule has 0 aromatic carbocycles. The Hall–Kier alpha value is -0.120. The van der Waals surface area contributed by atoms with Gasteiger partial charge in [-0.3, -0.25) is 0 Å². The highest BCUT2D eigenvalue weighted by Crippen LogP contribution is 2.24. The van der Waals surface area contributed by atoms with Gasteiger partial charge in [0.05, 0.1) is 12.2 Å². The van der Waals surface area contributed by atoms with Crippen LogP contribution < -0.4 is 0 Å². The third kappa shape index (κ3) is 3.95. The molecule has 0 heterocycles. The van der Waals surface area contributed by atoms with Crippen LogP contribution in [-0.2, 0) is 0 Å². The summed E-state index contributed by atoms with van der Waals surface area (Å²) in [6.07, 6.45) is 4.08. The van der Waals surface area contributed by atoms with Gasteiger partial charge in [-0.2, -0.15) is 0 Å². The summed E-state index contributed by atoms with van der Waals surface area (Å²) in [6.45, 7) is 3.41. The summed E-state index contributed by atoms with van der Waals surface area (Å²) in [4.78, 5) is 2.11. The Morgan fingerprint density at radius 1 is 1.36 bits per heavy atom. The molecule has 1 fully saturated rings. The number of hydrogen-bond acceptors (Lipinski definition) is 3. The number of nitrogens with zero attached hydrogens (tertiary/aromatic N) is 1. The summed E-state index contributed by atoms with van der Waals surface area (Å²) in [6, 6.07) is 0. The summed E-state index contributed by atoms with van der Waals surface area (Å²) >= 11 is 0. The second-order valence-electron chi connectivity index (χ2n) is 4.68. The van der Waals surface area contributed by atoms with Crippen LogP contribution in [0.5, 0.6) is 0 Å². The molecule has 1 aliphatic rings. The Morgan fingerprint density at radius 3 is 2.57 bits per heavy atom. The van der Waals surface area contributed by atoms with E-state index in [2.05, 4.69) is 4.90 Å². The van der Waals surface area contributed by atoms with E-state index in [1.807, 2.05) is 7.05 Å². The minimum Gasteiger partial charge on any atom is -0.393 e. The summed E-state index contributed by atoms with van der Waals surface area (Å²) in [5.41, 5.74) is 0. The average molecular weight is 201 g/mol. The van der Waals surface area contributed by atoms with E-state index in [0.717, 1.165) is 25.8 Å². The highest BCUT2D eigenvalue weighted by molar-refractivity contribution is 4.77. The van der Waals surface area contributed by atoms with Crippen LogP contribution in [0.2, 0.25) is 0 Å². The molecule has 3 unspecified atom stereocenters. The van der Waals surface area contributed by atoms with Crippen LogP contribution in [-0.4, -0.2) is 47.5 Å². The van der Waals surface area contributed by atoms with Gasteiger partial charge in [0.2, 0.25) is 0 Å². The van der Waals surface area contributed by atoms with Gasteiger partial charge in [-0.25, -0.2) is 0 Å². The lowest BCUT2D eigenvalue weighted by Crippen LogP contribution is -2.37. The van der Waals surface area contributed by atoms with Crippen molar-refractivity contribution in [2.24, 2.45) is 5.92 Å². The van der Waals surface area contributed by atoms with Gasteiger partial charge in [-0.15, -0.1) is 0 Å². The standard InChI is InChI=1S/C11H23NO2/c1-9(13)7-12(2)8-10-5-3-4-6-11(10)14/h9-11,13-14H,3-8H2,1-2H3. The molecule has 1 aliphatic carbocycles. The molecule has 2 N–H and O–H groups in total. The first-order chi connectivity index (χ1) is 6.59. The Morgan fingerprint density at radius 2 is 2.00 bits per heavy atom. The zero-order valence-corrected chi connectivity index (χ0v) is 9.32. The molecule has 3 heteroatoms. The van der Waals surface area contributed by atoms with Crippen molar-refractivity contribution in [3.63, 3.8) is 0 Å². The fourth-order valence-electron chi connectivity index (χ4n) is 2.33. The van der Waals surface area contributed by atoms with Crippen LogP contribution in [0.1, 0.15) is 32.6 Å². The third-order valence-corrected chi connectivity index (χ3v) is 2.99. The number of rotatable bonds is 4. The lowest BCUT2D eigenvalue weighted by Gasteiger charge is -2.31. The maximum absolute atomic E-state index is 9.76. The lowest BCUT2D eigenvalue weighted by molar-refractivity contribution is 0.0422. The maximum Gasteiger partial charge on any atom is 0.0638 e. The monoisotopic (exact) mass is 201 g/mol. The Bertz CT molecular complexity index is 161. The SMILES string of the molecule is CC(O)CN(C)CC1CCCCC1O. The maximum atomic E-state index is 9.76. The molecule has 0 spiro atoms. The van der Waals surface area contributed by atoms with Gasteiger partial charge in [0.15, 0.2) is 0 Å². The van der Waals surface area contributed by atoms with E-state index in [-0.39, 0.29) is 12.2 Å². The number of likely N-dealkylation sites (N-methyl/N-ethyl adjacent to an activating group) is 1. The number of aliphatic hydroxyl groups is 2.